The van der Waals surface area contributed by atoms with E-state index in [2.05, 4.69) is 4.90 Å². The monoisotopic (exact) mass is 356 g/mol. The van der Waals surface area contributed by atoms with Crippen molar-refractivity contribution in [3.05, 3.63) is 33.8 Å². The maximum absolute atomic E-state index is 12.6. The van der Waals surface area contributed by atoms with Gasteiger partial charge in [0.15, 0.2) is 0 Å². The van der Waals surface area contributed by atoms with Crippen LogP contribution in [-0.2, 0) is 4.74 Å². The Bertz CT molecular complexity index is 554. The van der Waals surface area contributed by atoms with Crippen LogP contribution < -0.4 is 0 Å². The molecular weight excluding hydrogens is 335 g/mol. The lowest BCUT2D eigenvalue weighted by atomic mass is 9.95. The van der Waals surface area contributed by atoms with Crippen molar-refractivity contribution in [3.8, 4) is 0 Å². The fourth-order valence-corrected chi connectivity index (χ4v) is 3.79. The SMILES string of the molecule is O=C(c1ccc(Cl)cc1Cl)N1CCC(CN2CCOCC2)CC1. The summed E-state index contributed by atoms with van der Waals surface area (Å²) >= 11 is 12.0. The molecule has 0 bridgehead atoms. The highest BCUT2D eigenvalue weighted by molar-refractivity contribution is 6.36. The van der Waals surface area contributed by atoms with Gasteiger partial charge in [-0.25, -0.2) is 0 Å². The highest BCUT2D eigenvalue weighted by atomic mass is 35.5. The minimum atomic E-state index is 0.0106. The van der Waals surface area contributed by atoms with Crippen LogP contribution in [0.4, 0.5) is 0 Å². The standard InChI is InChI=1S/C17H22Cl2N2O2/c18-14-1-2-15(16(19)11-14)17(22)21-5-3-13(4-6-21)12-20-7-9-23-10-8-20/h1-2,11,13H,3-10,12H2. The average molecular weight is 357 g/mol. The smallest absolute Gasteiger partial charge is 0.255 e. The van der Waals surface area contributed by atoms with Crippen LogP contribution in [0, 0.1) is 5.92 Å². The molecule has 0 aromatic heterocycles. The first kappa shape index (κ1) is 17.0. The second kappa shape index (κ2) is 7.84. The molecule has 1 aromatic rings. The number of ether oxygens (including phenoxy) is 1. The van der Waals surface area contributed by atoms with E-state index in [0.29, 0.717) is 21.5 Å². The number of morpholine rings is 1. The third kappa shape index (κ3) is 4.38. The van der Waals surface area contributed by atoms with Crippen molar-refractivity contribution in [2.45, 2.75) is 12.8 Å². The quantitative estimate of drug-likeness (QED) is 0.833. The summed E-state index contributed by atoms with van der Waals surface area (Å²) in [6, 6.07) is 5.06. The Balaban J connectivity index is 1.52. The van der Waals surface area contributed by atoms with Crippen LogP contribution in [0.2, 0.25) is 10.0 Å². The molecule has 1 amide bonds. The van der Waals surface area contributed by atoms with Crippen molar-refractivity contribution in [1.82, 2.24) is 9.80 Å². The number of hydrogen-bond donors (Lipinski definition) is 0. The van der Waals surface area contributed by atoms with E-state index < -0.39 is 0 Å². The fraction of sp³-hybridized carbons (Fsp3) is 0.588. The molecule has 1 aromatic carbocycles. The highest BCUT2D eigenvalue weighted by Gasteiger charge is 2.26. The number of halogens is 2. The normalized spacial score (nSPS) is 20.7. The molecule has 2 aliphatic heterocycles. The van der Waals surface area contributed by atoms with E-state index in [0.717, 1.165) is 58.8 Å². The van der Waals surface area contributed by atoms with Crippen LogP contribution in [0.5, 0.6) is 0 Å². The van der Waals surface area contributed by atoms with E-state index in [-0.39, 0.29) is 5.91 Å². The van der Waals surface area contributed by atoms with Crippen LogP contribution in [0.25, 0.3) is 0 Å². The summed E-state index contributed by atoms with van der Waals surface area (Å²) < 4.78 is 5.39. The van der Waals surface area contributed by atoms with Gasteiger partial charge in [-0.05, 0) is 37.0 Å². The first-order valence-electron chi connectivity index (χ1n) is 8.18. The zero-order valence-electron chi connectivity index (χ0n) is 13.1. The molecule has 0 atom stereocenters. The first-order chi connectivity index (χ1) is 11.1. The van der Waals surface area contributed by atoms with E-state index >= 15 is 0 Å². The highest BCUT2D eigenvalue weighted by Crippen LogP contribution is 2.25. The van der Waals surface area contributed by atoms with Crippen molar-refractivity contribution in [2.24, 2.45) is 5.92 Å². The number of amides is 1. The molecule has 4 nitrogen and oxygen atoms in total. The number of hydrogen-bond acceptors (Lipinski definition) is 3. The minimum absolute atomic E-state index is 0.0106. The Morgan fingerprint density at radius 1 is 1.13 bits per heavy atom. The molecular formula is C17H22Cl2N2O2. The molecule has 0 radical (unpaired) electrons. The summed E-state index contributed by atoms with van der Waals surface area (Å²) in [5.74, 6) is 0.675. The van der Waals surface area contributed by atoms with E-state index in [9.17, 15) is 4.79 Å². The Morgan fingerprint density at radius 2 is 1.83 bits per heavy atom. The zero-order chi connectivity index (χ0) is 16.2. The van der Waals surface area contributed by atoms with E-state index in [1.165, 1.54) is 0 Å². The third-order valence-electron chi connectivity index (χ3n) is 4.68. The Labute approximate surface area is 147 Å². The summed E-state index contributed by atoms with van der Waals surface area (Å²) in [5, 5.41) is 0.980. The van der Waals surface area contributed by atoms with Crippen molar-refractivity contribution in [3.63, 3.8) is 0 Å². The molecule has 0 saturated carbocycles. The van der Waals surface area contributed by atoms with Gasteiger partial charge >= 0.3 is 0 Å². The van der Waals surface area contributed by atoms with Crippen LogP contribution in [-0.4, -0.2) is 61.6 Å². The van der Waals surface area contributed by atoms with Crippen LogP contribution in [0.1, 0.15) is 23.2 Å². The molecule has 2 aliphatic rings. The topological polar surface area (TPSA) is 32.8 Å². The number of likely N-dealkylation sites (tertiary alicyclic amines) is 1. The van der Waals surface area contributed by atoms with Gasteiger partial charge in [0.2, 0.25) is 0 Å². The average Bonchev–Trinajstić information content (AvgIpc) is 2.56. The Kier molecular flexibility index (Phi) is 5.81. The Hall–Kier alpha value is -0.810. The fourth-order valence-electron chi connectivity index (χ4n) is 3.30. The predicted molar refractivity (Wildman–Crippen MR) is 92.3 cm³/mol. The first-order valence-corrected chi connectivity index (χ1v) is 8.93. The van der Waals surface area contributed by atoms with Crippen molar-refractivity contribution < 1.29 is 9.53 Å². The number of rotatable bonds is 3. The van der Waals surface area contributed by atoms with Crippen LogP contribution >= 0.6 is 23.2 Å². The number of carbonyl (C=O) groups excluding carboxylic acids is 1. The van der Waals surface area contributed by atoms with Gasteiger partial charge in [-0.1, -0.05) is 23.2 Å². The van der Waals surface area contributed by atoms with Crippen molar-refractivity contribution in [2.75, 3.05) is 45.9 Å². The van der Waals surface area contributed by atoms with Gasteiger partial charge < -0.3 is 9.64 Å². The van der Waals surface area contributed by atoms with Gasteiger partial charge in [0, 0.05) is 37.7 Å². The number of piperidine rings is 1. The van der Waals surface area contributed by atoms with Gasteiger partial charge in [-0.2, -0.15) is 0 Å². The molecule has 3 rings (SSSR count). The second-order valence-corrected chi connectivity index (χ2v) is 7.12. The van der Waals surface area contributed by atoms with Gasteiger partial charge in [0.1, 0.15) is 0 Å². The summed E-state index contributed by atoms with van der Waals surface area (Å²) in [6.45, 7) is 6.45. The molecule has 126 valence electrons. The minimum Gasteiger partial charge on any atom is -0.379 e. The molecule has 0 aliphatic carbocycles. The zero-order valence-corrected chi connectivity index (χ0v) is 14.7. The number of benzene rings is 1. The number of nitrogens with zero attached hydrogens (tertiary/aromatic N) is 2. The van der Waals surface area contributed by atoms with Crippen molar-refractivity contribution >= 4 is 29.1 Å². The van der Waals surface area contributed by atoms with Crippen LogP contribution in [0.3, 0.4) is 0 Å². The molecule has 0 spiro atoms. The lowest BCUT2D eigenvalue weighted by molar-refractivity contribution is 0.0243. The second-order valence-electron chi connectivity index (χ2n) is 6.27. The molecule has 6 heteroatoms. The number of carbonyl (C=O) groups is 1. The summed E-state index contributed by atoms with van der Waals surface area (Å²) in [7, 11) is 0. The largest absolute Gasteiger partial charge is 0.379 e. The van der Waals surface area contributed by atoms with E-state index in [1.54, 1.807) is 18.2 Å². The van der Waals surface area contributed by atoms with E-state index in [1.807, 2.05) is 4.90 Å². The maximum Gasteiger partial charge on any atom is 0.255 e. The lowest BCUT2D eigenvalue weighted by Gasteiger charge is -2.36. The van der Waals surface area contributed by atoms with Gasteiger partial charge in [-0.15, -0.1) is 0 Å². The molecule has 23 heavy (non-hydrogen) atoms. The van der Waals surface area contributed by atoms with Gasteiger partial charge in [0.05, 0.1) is 23.8 Å². The van der Waals surface area contributed by atoms with Crippen LogP contribution in [0.15, 0.2) is 18.2 Å². The molecule has 2 heterocycles. The Morgan fingerprint density at radius 3 is 2.48 bits per heavy atom. The molecule has 2 saturated heterocycles. The van der Waals surface area contributed by atoms with Gasteiger partial charge in [0.25, 0.3) is 5.91 Å². The van der Waals surface area contributed by atoms with E-state index in [4.69, 9.17) is 27.9 Å². The predicted octanol–water partition coefficient (Wildman–Crippen LogP) is 3.18. The summed E-state index contributed by atoms with van der Waals surface area (Å²) in [5.41, 5.74) is 0.544. The third-order valence-corrected chi connectivity index (χ3v) is 5.23. The molecule has 0 unspecified atom stereocenters. The summed E-state index contributed by atoms with van der Waals surface area (Å²) in [6.07, 6.45) is 2.10. The van der Waals surface area contributed by atoms with Gasteiger partial charge in [-0.3, -0.25) is 9.69 Å². The molecule has 2 fully saturated rings. The molecule has 0 N–H and O–H groups in total. The summed E-state index contributed by atoms with van der Waals surface area (Å²) in [4.78, 5) is 17.0. The van der Waals surface area contributed by atoms with Crippen molar-refractivity contribution in [1.29, 1.82) is 0 Å². The maximum atomic E-state index is 12.6. The lowest BCUT2D eigenvalue weighted by Crippen LogP contribution is -2.44.